The first-order valence-electron chi connectivity index (χ1n) is 6.41. The second kappa shape index (κ2) is 7.30. The van der Waals surface area contributed by atoms with Crippen LogP contribution in [0.3, 0.4) is 0 Å². The summed E-state index contributed by atoms with van der Waals surface area (Å²) in [6.45, 7) is 1.21. The monoisotopic (exact) mass is 269 g/mol. The fourth-order valence-corrected chi connectivity index (χ4v) is 3.54. The van der Waals surface area contributed by atoms with Gasteiger partial charge in [-0.05, 0) is 43.2 Å². The topological polar surface area (TPSA) is 12.0 Å². The van der Waals surface area contributed by atoms with Gasteiger partial charge in [-0.3, -0.25) is 0 Å². The molecule has 0 aliphatic carbocycles. The van der Waals surface area contributed by atoms with Gasteiger partial charge in [-0.25, -0.2) is 0 Å². The van der Waals surface area contributed by atoms with E-state index in [2.05, 4.69) is 17.4 Å². The molecule has 1 aliphatic heterocycles. The van der Waals surface area contributed by atoms with E-state index in [9.17, 15) is 0 Å². The van der Waals surface area contributed by atoms with Gasteiger partial charge in [0.05, 0.1) is 0 Å². The SMILES string of the molecule is Clc1ccccc1CSCCC1CCCCN1. The number of nitrogens with one attached hydrogen (secondary N) is 1. The molecule has 0 spiro atoms. The van der Waals surface area contributed by atoms with E-state index in [4.69, 9.17) is 11.6 Å². The summed E-state index contributed by atoms with van der Waals surface area (Å²) in [5, 5.41) is 4.49. The summed E-state index contributed by atoms with van der Waals surface area (Å²) < 4.78 is 0. The van der Waals surface area contributed by atoms with Crippen LogP contribution < -0.4 is 5.32 Å². The summed E-state index contributed by atoms with van der Waals surface area (Å²) in [6.07, 6.45) is 5.39. The zero-order chi connectivity index (χ0) is 11.9. The standard InChI is InChI=1S/C14H20ClNS/c15-14-7-2-1-5-12(14)11-17-10-8-13-6-3-4-9-16-13/h1-2,5,7,13,16H,3-4,6,8-11H2. The molecule has 0 radical (unpaired) electrons. The van der Waals surface area contributed by atoms with Gasteiger partial charge in [0.1, 0.15) is 0 Å². The van der Waals surface area contributed by atoms with Crippen molar-refractivity contribution in [2.45, 2.75) is 37.5 Å². The van der Waals surface area contributed by atoms with Crippen LogP contribution in [0.25, 0.3) is 0 Å². The number of halogens is 1. The summed E-state index contributed by atoms with van der Waals surface area (Å²) >= 11 is 8.12. The number of hydrogen-bond acceptors (Lipinski definition) is 2. The zero-order valence-corrected chi connectivity index (χ0v) is 11.7. The van der Waals surface area contributed by atoms with Crippen molar-refractivity contribution in [1.82, 2.24) is 5.32 Å². The maximum atomic E-state index is 6.13. The molecule has 0 amide bonds. The zero-order valence-electron chi connectivity index (χ0n) is 10.1. The maximum absolute atomic E-state index is 6.13. The van der Waals surface area contributed by atoms with Gasteiger partial charge in [-0.15, -0.1) is 0 Å². The Bertz CT molecular complexity index is 337. The lowest BCUT2D eigenvalue weighted by Gasteiger charge is -2.23. The van der Waals surface area contributed by atoms with Gasteiger partial charge in [0.25, 0.3) is 0 Å². The number of rotatable bonds is 5. The summed E-state index contributed by atoms with van der Waals surface area (Å²) in [6, 6.07) is 8.89. The fraction of sp³-hybridized carbons (Fsp3) is 0.571. The van der Waals surface area contributed by atoms with E-state index in [0.29, 0.717) is 0 Å². The molecule has 1 aromatic carbocycles. The Kier molecular flexibility index (Phi) is 5.69. The van der Waals surface area contributed by atoms with E-state index in [1.165, 1.54) is 43.5 Å². The lowest BCUT2D eigenvalue weighted by atomic mass is 10.0. The summed E-state index contributed by atoms with van der Waals surface area (Å²) in [5.41, 5.74) is 1.26. The van der Waals surface area contributed by atoms with Crippen molar-refractivity contribution in [2.75, 3.05) is 12.3 Å². The van der Waals surface area contributed by atoms with Crippen molar-refractivity contribution < 1.29 is 0 Å². The first-order chi connectivity index (χ1) is 8.36. The fourth-order valence-electron chi connectivity index (χ4n) is 2.19. The minimum Gasteiger partial charge on any atom is -0.314 e. The van der Waals surface area contributed by atoms with Crippen molar-refractivity contribution >= 4 is 23.4 Å². The molecule has 1 heterocycles. The summed E-state index contributed by atoms with van der Waals surface area (Å²) in [4.78, 5) is 0. The molecule has 0 saturated carbocycles. The van der Waals surface area contributed by atoms with Crippen LogP contribution >= 0.6 is 23.4 Å². The Balaban J connectivity index is 1.64. The molecule has 1 unspecified atom stereocenters. The van der Waals surface area contributed by atoms with Crippen LogP contribution in [0, 0.1) is 0 Å². The Labute approximate surface area is 113 Å². The smallest absolute Gasteiger partial charge is 0.0446 e. The number of hydrogen-bond donors (Lipinski definition) is 1. The first kappa shape index (κ1) is 13.3. The van der Waals surface area contributed by atoms with Gasteiger partial charge in [0, 0.05) is 16.8 Å². The van der Waals surface area contributed by atoms with Crippen LogP contribution in [0.15, 0.2) is 24.3 Å². The van der Waals surface area contributed by atoms with Crippen molar-refractivity contribution in [2.24, 2.45) is 0 Å². The van der Waals surface area contributed by atoms with E-state index in [-0.39, 0.29) is 0 Å². The quantitative estimate of drug-likeness (QED) is 0.808. The normalized spacial score (nSPS) is 20.4. The minimum absolute atomic E-state index is 0.752. The summed E-state index contributed by atoms with van der Waals surface area (Å²) in [7, 11) is 0. The summed E-state index contributed by atoms with van der Waals surface area (Å²) in [5.74, 6) is 2.26. The van der Waals surface area contributed by atoms with Crippen LogP contribution in [0.2, 0.25) is 5.02 Å². The van der Waals surface area contributed by atoms with Crippen molar-refractivity contribution in [3.05, 3.63) is 34.9 Å². The van der Waals surface area contributed by atoms with Gasteiger partial charge in [0.2, 0.25) is 0 Å². The highest BCUT2D eigenvalue weighted by Crippen LogP contribution is 2.22. The van der Waals surface area contributed by atoms with Crippen LogP contribution in [-0.4, -0.2) is 18.3 Å². The highest BCUT2D eigenvalue weighted by atomic mass is 35.5. The highest BCUT2D eigenvalue weighted by Gasteiger charge is 2.11. The predicted molar refractivity (Wildman–Crippen MR) is 77.9 cm³/mol. The lowest BCUT2D eigenvalue weighted by Crippen LogP contribution is -2.34. The van der Waals surface area contributed by atoms with E-state index < -0.39 is 0 Å². The predicted octanol–water partition coefficient (Wildman–Crippen LogP) is 4.11. The van der Waals surface area contributed by atoms with Gasteiger partial charge in [-0.2, -0.15) is 11.8 Å². The molecule has 0 aromatic heterocycles. The van der Waals surface area contributed by atoms with E-state index in [1.54, 1.807) is 0 Å². The van der Waals surface area contributed by atoms with Gasteiger partial charge < -0.3 is 5.32 Å². The Morgan fingerprint density at radius 3 is 2.94 bits per heavy atom. The highest BCUT2D eigenvalue weighted by molar-refractivity contribution is 7.98. The van der Waals surface area contributed by atoms with Crippen LogP contribution in [0.4, 0.5) is 0 Å². The molecule has 1 atom stereocenters. The van der Waals surface area contributed by atoms with Crippen LogP contribution in [0.5, 0.6) is 0 Å². The van der Waals surface area contributed by atoms with Crippen molar-refractivity contribution in [3.63, 3.8) is 0 Å². The largest absolute Gasteiger partial charge is 0.314 e. The van der Waals surface area contributed by atoms with E-state index in [1.807, 2.05) is 23.9 Å². The van der Waals surface area contributed by atoms with Crippen LogP contribution in [-0.2, 0) is 5.75 Å². The molecule has 2 rings (SSSR count). The molecule has 1 aromatic rings. The third-order valence-electron chi connectivity index (χ3n) is 3.24. The molecule has 1 N–H and O–H groups in total. The molecule has 3 heteroatoms. The third kappa shape index (κ3) is 4.53. The molecular weight excluding hydrogens is 250 g/mol. The number of thioether (sulfide) groups is 1. The van der Waals surface area contributed by atoms with Crippen LogP contribution in [0.1, 0.15) is 31.2 Å². The average molecular weight is 270 g/mol. The van der Waals surface area contributed by atoms with Gasteiger partial charge in [0.15, 0.2) is 0 Å². The Hall–Kier alpha value is -0.180. The van der Waals surface area contributed by atoms with Gasteiger partial charge >= 0.3 is 0 Å². The second-order valence-electron chi connectivity index (χ2n) is 4.58. The molecular formula is C14H20ClNS. The Morgan fingerprint density at radius 1 is 1.29 bits per heavy atom. The van der Waals surface area contributed by atoms with Crippen molar-refractivity contribution in [3.8, 4) is 0 Å². The molecule has 1 fully saturated rings. The molecule has 94 valence electrons. The van der Waals surface area contributed by atoms with Gasteiger partial charge in [-0.1, -0.05) is 36.2 Å². The first-order valence-corrected chi connectivity index (χ1v) is 7.94. The third-order valence-corrected chi connectivity index (χ3v) is 4.65. The molecule has 0 bridgehead atoms. The second-order valence-corrected chi connectivity index (χ2v) is 6.09. The molecule has 1 aliphatic rings. The maximum Gasteiger partial charge on any atom is 0.0446 e. The molecule has 1 nitrogen and oxygen atoms in total. The Morgan fingerprint density at radius 2 is 2.18 bits per heavy atom. The van der Waals surface area contributed by atoms with Crippen molar-refractivity contribution in [1.29, 1.82) is 0 Å². The lowest BCUT2D eigenvalue weighted by molar-refractivity contribution is 0.395. The molecule has 17 heavy (non-hydrogen) atoms. The van der Waals surface area contributed by atoms with E-state index >= 15 is 0 Å². The number of piperidine rings is 1. The van der Waals surface area contributed by atoms with E-state index in [0.717, 1.165) is 16.8 Å². The molecule has 1 saturated heterocycles. The minimum atomic E-state index is 0.752. The average Bonchev–Trinajstić information content (AvgIpc) is 2.38. The number of benzene rings is 1.